The summed E-state index contributed by atoms with van der Waals surface area (Å²) in [5.41, 5.74) is 0. The van der Waals surface area contributed by atoms with Gasteiger partial charge in [-0.2, -0.15) is 0 Å². The number of aromatic nitrogens is 1. The third-order valence-corrected chi connectivity index (χ3v) is 3.97. The summed E-state index contributed by atoms with van der Waals surface area (Å²) in [6, 6.07) is 1.76. The summed E-state index contributed by atoms with van der Waals surface area (Å²) in [5.74, 6) is 1.56. The van der Waals surface area contributed by atoms with E-state index in [0.29, 0.717) is 16.0 Å². The third-order valence-electron chi connectivity index (χ3n) is 3.48. The van der Waals surface area contributed by atoms with E-state index in [1.54, 1.807) is 12.3 Å². The van der Waals surface area contributed by atoms with Gasteiger partial charge in [0.2, 0.25) is 0 Å². The van der Waals surface area contributed by atoms with Crippen LogP contribution in [0.15, 0.2) is 12.3 Å². The third kappa shape index (κ3) is 3.28. The van der Waals surface area contributed by atoms with Crippen molar-refractivity contribution in [2.45, 2.75) is 13.3 Å². The van der Waals surface area contributed by atoms with Gasteiger partial charge in [0, 0.05) is 25.8 Å². The second-order valence-electron chi connectivity index (χ2n) is 4.91. The van der Waals surface area contributed by atoms with E-state index in [9.17, 15) is 0 Å². The minimum Gasteiger partial charge on any atom is -0.355 e. The first-order chi connectivity index (χ1) is 8.60. The van der Waals surface area contributed by atoms with Crippen LogP contribution in [0.25, 0.3) is 0 Å². The van der Waals surface area contributed by atoms with E-state index in [4.69, 9.17) is 23.2 Å². The molecular weight excluding hydrogens is 269 g/mol. The second kappa shape index (κ2) is 6.09. The van der Waals surface area contributed by atoms with Crippen LogP contribution >= 0.6 is 23.2 Å². The zero-order chi connectivity index (χ0) is 13.1. The van der Waals surface area contributed by atoms with Crippen molar-refractivity contribution in [2.24, 2.45) is 5.92 Å². The van der Waals surface area contributed by atoms with E-state index in [1.807, 2.05) is 0 Å². The Hall–Kier alpha value is -0.510. The van der Waals surface area contributed by atoms with Gasteiger partial charge in [-0.25, -0.2) is 4.98 Å². The maximum absolute atomic E-state index is 6.19. The van der Waals surface area contributed by atoms with Gasteiger partial charge in [-0.1, -0.05) is 30.1 Å². The van der Waals surface area contributed by atoms with E-state index in [1.165, 1.54) is 6.42 Å². The van der Waals surface area contributed by atoms with Crippen LogP contribution < -0.4 is 4.90 Å². The lowest BCUT2D eigenvalue weighted by atomic mass is 10.1. The number of anilines is 1. The van der Waals surface area contributed by atoms with Gasteiger partial charge < -0.3 is 9.80 Å². The summed E-state index contributed by atoms with van der Waals surface area (Å²) in [7, 11) is 2.16. The number of hydrogen-bond donors (Lipinski definition) is 0. The zero-order valence-corrected chi connectivity index (χ0v) is 12.4. The molecule has 1 fully saturated rings. The van der Waals surface area contributed by atoms with Crippen molar-refractivity contribution in [3.63, 3.8) is 0 Å². The molecule has 0 spiro atoms. The highest BCUT2D eigenvalue weighted by Crippen LogP contribution is 2.30. The first-order valence-electron chi connectivity index (χ1n) is 6.34. The summed E-state index contributed by atoms with van der Waals surface area (Å²) in [5, 5.41) is 1.23. The Labute approximate surface area is 119 Å². The lowest BCUT2D eigenvalue weighted by Crippen LogP contribution is -2.28. The molecule has 0 bridgehead atoms. The van der Waals surface area contributed by atoms with E-state index < -0.39 is 0 Å². The molecule has 1 unspecified atom stereocenters. The highest BCUT2D eigenvalue weighted by molar-refractivity contribution is 6.36. The van der Waals surface area contributed by atoms with Crippen molar-refractivity contribution in [3.8, 4) is 0 Å². The average molecular weight is 288 g/mol. The lowest BCUT2D eigenvalue weighted by molar-refractivity contribution is 0.300. The Morgan fingerprint density at radius 2 is 2.28 bits per heavy atom. The SMILES string of the molecule is CCN(C)CC1CCN(c2ncc(Cl)cc2Cl)C1. The number of pyridine rings is 1. The van der Waals surface area contributed by atoms with Crippen LogP contribution in [0.4, 0.5) is 5.82 Å². The lowest BCUT2D eigenvalue weighted by Gasteiger charge is -2.21. The molecule has 0 aliphatic carbocycles. The molecule has 2 rings (SSSR count). The molecule has 5 heteroatoms. The van der Waals surface area contributed by atoms with Crippen LogP contribution in [0.1, 0.15) is 13.3 Å². The Kier molecular flexibility index (Phi) is 4.71. The molecule has 0 saturated carbocycles. The van der Waals surface area contributed by atoms with Crippen molar-refractivity contribution in [2.75, 3.05) is 38.1 Å². The molecule has 100 valence electrons. The van der Waals surface area contributed by atoms with Gasteiger partial charge in [0.25, 0.3) is 0 Å². The molecule has 1 aliphatic heterocycles. The molecule has 1 saturated heterocycles. The van der Waals surface area contributed by atoms with Crippen molar-refractivity contribution in [1.82, 2.24) is 9.88 Å². The van der Waals surface area contributed by atoms with Crippen LogP contribution in [-0.4, -0.2) is 43.1 Å². The smallest absolute Gasteiger partial charge is 0.147 e. The maximum atomic E-state index is 6.19. The Morgan fingerprint density at radius 3 is 2.94 bits per heavy atom. The molecular formula is C13H19Cl2N3. The molecule has 2 heterocycles. The fourth-order valence-electron chi connectivity index (χ4n) is 2.38. The van der Waals surface area contributed by atoms with Crippen LogP contribution in [0, 0.1) is 5.92 Å². The minimum atomic E-state index is 0.588. The average Bonchev–Trinajstić information content (AvgIpc) is 2.77. The maximum Gasteiger partial charge on any atom is 0.147 e. The van der Waals surface area contributed by atoms with Crippen LogP contribution in [0.3, 0.4) is 0 Å². The molecule has 1 aromatic rings. The molecule has 0 aromatic carbocycles. The fourth-order valence-corrected chi connectivity index (χ4v) is 2.88. The van der Waals surface area contributed by atoms with Crippen LogP contribution in [-0.2, 0) is 0 Å². The predicted octanol–water partition coefficient (Wildman–Crippen LogP) is 3.17. The molecule has 1 atom stereocenters. The second-order valence-corrected chi connectivity index (χ2v) is 5.76. The standard InChI is InChI=1S/C13H19Cl2N3/c1-3-17(2)8-10-4-5-18(9-10)13-12(15)6-11(14)7-16-13/h6-7,10H,3-5,8-9H2,1-2H3. The summed E-state index contributed by atoms with van der Waals surface area (Å²) in [6.45, 7) is 6.47. The molecule has 3 nitrogen and oxygen atoms in total. The van der Waals surface area contributed by atoms with Crippen LogP contribution in [0.2, 0.25) is 10.0 Å². The molecule has 18 heavy (non-hydrogen) atoms. The summed E-state index contributed by atoms with van der Waals surface area (Å²) in [4.78, 5) is 8.95. The predicted molar refractivity (Wildman–Crippen MR) is 77.7 cm³/mol. The van der Waals surface area contributed by atoms with Gasteiger partial charge in [0.05, 0.1) is 10.0 Å². The van der Waals surface area contributed by atoms with Crippen molar-refractivity contribution >= 4 is 29.0 Å². The van der Waals surface area contributed by atoms with Gasteiger partial charge in [0.1, 0.15) is 5.82 Å². The topological polar surface area (TPSA) is 19.4 Å². The van der Waals surface area contributed by atoms with Crippen LogP contribution in [0.5, 0.6) is 0 Å². The zero-order valence-electron chi connectivity index (χ0n) is 10.9. The Morgan fingerprint density at radius 1 is 1.50 bits per heavy atom. The van der Waals surface area contributed by atoms with Crippen molar-refractivity contribution in [3.05, 3.63) is 22.3 Å². The highest BCUT2D eigenvalue weighted by Gasteiger charge is 2.25. The monoisotopic (exact) mass is 287 g/mol. The molecule has 0 amide bonds. The van der Waals surface area contributed by atoms with Crippen molar-refractivity contribution in [1.29, 1.82) is 0 Å². The number of halogens is 2. The number of hydrogen-bond acceptors (Lipinski definition) is 3. The molecule has 0 N–H and O–H groups in total. The van der Waals surface area contributed by atoms with Gasteiger partial charge >= 0.3 is 0 Å². The summed E-state index contributed by atoms with van der Waals surface area (Å²) >= 11 is 12.1. The van der Waals surface area contributed by atoms with Gasteiger partial charge in [0.15, 0.2) is 0 Å². The van der Waals surface area contributed by atoms with E-state index >= 15 is 0 Å². The fraction of sp³-hybridized carbons (Fsp3) is 0.615. The molecule has 1 aromatic heterocycles. The largest absolute Gasteiger partial charge is 0.355 e. The summed E-state index contributed by atoms with van der Waals surface area (Å²) in [6.07, 6.45) is 2.86. The summed E-state index contributed by atoms with van der Waals surface area (Å²) < 4.78 is 0. The van der Waals surface area contributed by atoms with E-state index in [0.717, 1.165) is 32.0 Å². The minimum absolute atomic E-state index is 0.588. The number of rotatable bonds is 4. The Bertz CT molecular complexity index is 411. The normalized spacial score (nSPS) is 19.8. The Balaban J connectivity index is 2.00. The highest BCUT2D eigenvalue weighted by atomic mass is 35.5. The first-order valence-corrected chi connectivity index (χ1v) is 7.10. The van der Waals surface area contributed by atoms with Crippen molar-refractivity contribution < 1.29 is 0 Å². The van der Waals surface area contributed by atoms with Gasteiger partial charge in [-0.15, -0.1) is 0 Å². The molecule has 1 aliphatic rings. The van der Waals surface area contributed by atoms with E-state index in [-0.39, 0.29) is 0 Å². The van der Waals surface area contributed by atoms with Gasteiger partial charge in [-0.3, -0.25) is 0 Å². The first kappa shape index (κ1) is 13.9. The van der Waals surface area contributed by atoms with Gasteiger partial charge in [-0.05, 0) is 32.0 Å². The van der Waals surface area contributed by atoms with E-state index in [2.05, 4.69) is 28.8 Å². The quantitative estimate of drug-likeness (QED) is 0.848. The molecule has 0 radical (unpaired) electrons. The number of nitrogens with zero attached hydrogens (tertiary/aromatic N) is 3.